The van der Waals surface area contributed by atoms with Gasteiger partial charge in [0.25, 0.3) is 0 Å². The molecule has 2 heterocycles. The number of methoxy groups -OCH3 is 2. The van der Waals surface area contributed by atoms with Gasteiger partial charge in [-0.2, -0.15) is 11.8 Å². The van der Waals surface area contributed by atoms with Gasteiger partial charge < -0.3 is 24.3 Å². The number of halogens is 1. The second-order valence-electron chi connectivity index (χ2n) is 7.28. The highest BCUT2D eigenvalue weighted by Gasteiger charge is 2.22. The highest BCUT2D eigenvalue weighted by atomic mass is 127. The summed E-state index contributed by atoms with van der Waals surface area (Å²) in [5.74, 6) is 5.34. The zero-order valence-electron chi connectivity index (χ0n) is 19.0. The molecule has 1 aliphatic rings. The normalized spacial score (nSPS) is 13.5. The molecule has 1 aromatic carbocycles. The van der Waals surface area contributed by atoms with Gasteiger partial charge in [-0.05, 0) is 55.0 Å². The van der Waals surface area contributed by atoms with Crippen LogP contribution in [-0.4, -0.2) is 64.9 Å². The molecule has 1 N–H and O–H groups in total. The lowest BCUT2D eigenvalue weighted by Crippen LogP contribution is -2.44. The molecule has 0 aliphatic carbocycles. The summed E-state index contributed by atoms with van der Waals surface area (Å²) in [5.41, 5.74) is 2.54. The number of guanidine groups is 1. The molecule has 3 rings (SSSR count). The Hall–Kier alpha value is -1.69. The first-order valence-electron chi connectivity index (χ1n) is 10.2. The van der Waals surface area contributed by atoms with Gasteiger partial charge in [0.1, 0.15) is 12.4 Å². The molecule has 1 aromatic heterocycles. The third-order valence-corrected chi connectivity index (χ3v) is 6.08. The lowest BCUT2D eigenvalue weighted by Gasteiger charge is -2.32. The molecule has 0 spiro atoms. The van der Waals surface area contributed by atoms with Gasteiger partial charge in [-0.15, -0.1) is 34.2 Å². The van der Waals surface area contributed by atoms with E-state index in [9.17, 15) is 0 Å². The molecule has 0 atom stereocenters. The van der Waals surface area contributed by atoms with Crippen molar-refractivity contribution in [1.29, 1.82) is 0 Å². The maximum absolute atomic E-state index is 5.50. The smallest absolute Gasteiger partial charge is 0.194 e. The molecule has 0 amide bonds. The number of fused-ring (bicyclic) bond motifs is 1. The molecule has 0 saturated carbocycles. The van der Waals surface area contributed by atoms with E-state index in [0.29, 0.717) is 6.54 Å². The minimum Gasteiger partial charge on any atom is -0.493 e. The van der Waals surface area contributed by atoms with Crippen LogP contribution in [0.4, 0.5) is 0 Å². The average Bonchev–Trinajstić information content (AvgIpc) is 3.09. The Bertz CT molecular complexity index is 889. The van der Waals surface area contributed by atoms with Crippen LogP contribution in [0.1, 0.15) is 29.2 Å². The lowest BCUT2D eigenvalue weighted by atomic mass is 9.99. The standard InChI is InChI=1S/C21H32N6O2S.HI/c1-15-24-25-20(26(15)2)13-23-21(22-8-6-10-30-5)27-9-7-16-11-18(28-3)19(29-4)12-17(16)14-27;/h11-12H,6-10,13-14H2,1-5H3,(H,22,23);1H. The summed E-state index contributed by atoms with van der Waals surface area (Å²) in [6.45, 7) is 5.02. The SMILES string of the molecule is COc1cc2c(cc1OC)CN(C(=NCc1nnc(C)n1C)NCCCSC)CC2.I. The van der Waals surface area contributed by atoms with Crippen LogP contribution < -0.4 is 14.8 Å². The van der Waals surface area contributed by atoms with Crippen LogP contribution >= 0.6 is 35.7 Å². The molecule has 0 bridgehead atoms. The zero-order valence-corrected chi connectivity index (χ0v) is 22.1. The molecule has 0 saturated heterocycles. The maximum Gasteiger partial charge on any atom is 0.194 e. The fourth-order valence-electron chi connectivity index (χ4n) is 3.48. The van der Waals surface area contributed by atoms with Gasteiger partial charge in [0.05, 0.1) is 14.2 Å². The molecular formula is C21H33IN6O2S. The first kappa shape index (κ1) is 25.6. The zero-order chi connectivity index (χ0) is 21.5. The van der Waals surface area contributed by atoms with E-state index in [2.05, 4.69) is 38.8 Å². The van der Waals surface area contributed by atoms with E-state index >= 15 is 0 Å². The number of aromatic nitrogens is 3. The number of ether oxygens (including phenoxy) is 2. The van der Waals surface area contributed by atoms with Crippen LogP contribution in [0, 0.1) is 6.92 Å². The van der Waals surface area contributed by atoms with Crippen molar-refractivity contribution in [2.75, 3.05) is 39.3 Å². The van der Waals surface area contributed by atoms with E-state index in [-0.39, 0.29) is 24.0 Å². The Morgan fingerprint density at radius 1 is 1.19 bits per heavy atom. The van der Waals surface area contributed by atoms with E-state index in [4.69, 9.17) is 14.5 Å². The second kappa shape index (κ2) is 12.4. The lowest BCUT2D eigenvalue weighted by molar-refractivity contribution is 0.345. The number of hydrogen-bond acceptors (Lipinski definition) is 6. The molecule has 10 heteroatoms. The Balaban J connectivity index is 0.00000341. The van der Waals surface area contributed by atoms with Gasteiger partial charge in [0, 0.05) is 26.7 Å². The van der Waals surface area contributed by atoms with Gasteiger partial charge in [-0.3, -0.25) is 0 Å². The van der Waals surface area contributed by atoms with Crippen LogP contribution in [0.15, 0.2) is 17.1 Å². The van der Waals surface area contributed by atoms with Crippen molar-refractivity contribution in [2.45, 2.75) is 32.9 Å². The molecule has 2 aromatic rings. The van der Waals surface area contributed by atoms with E-state index in [0.717, 1.165) is 67.3 Å². The second-order valence-corrected chi connectivity index (χ2v) is 8.27. The first-order chi connectivity index (χ1) is 14.6. The maximum atomic E-state index is 5.50. The van der Waals surface area contributed by atoms with Crippen molar-refractivity contribution in [3.63, 3.8) is 0 Å². The molecule has 1 aliphatic heterocycles. The topological polar surface area (TPSA) is 76.8 Å². The van der Waals surface area contributed by atoms with E-state index in [1.165, 1.54) is 11.1 Å². The van der Waals surface area contributed by atoms with Gasteiger partial charge in [-0.25, -0.2) is 4.99 Å². The predicted octanol–water partition coefficient (Wildman–Crippen LogP) is 3.02. The summed E-state index contributed by atoms with van der Waals surface area (Å²) >= 11 is 1.86. The number of benzene rings is 1. The van der Waals surface area contributed by atoms with Gasteiger partial charge in [0.15, 0.2) is 23.3 Å². The quantitative estimate of drug-likeness (QED) is 0.230. The molecule has 0 radical (unpaired) electrons. The third kappa shape index (κ3) is 6.41. The fourth-order valence-corrected chi connectivity index (χ4v) is 3.92. The molecular weight excluding hydrogens is 527 g/mol. The summed E-state index contributed by atoms with van der Waals surface area (Å²) in [4.78, 5) is 7.19. The van der Waals surface area contributed by atoms with Crippen molar-refractivity contribution < 1.29 is 9.47 Å². The average molecular weight is 561 g/mol. The van der Waals surface area contributed by atoms with E-state index < -0.39 is 0 Å². The summed E-state index contributed by atoms with van der Waals surface area (Å²) in [6.07, 6.45) is 4.16. The predicted molar refractivity (Wildman–Crippen MR) is 137 cm³/mol. The Morgan fingerprint density at radius 2 is 1.90 bits per heavy atom. The van der Waals surface area contributed by atoms with Crippen molar-refractivity contribution in [3.8, 4) is 11.5 Å². The van der Waals surface area contributed by atoms with Crippen LogP contribution in [0.25, 0.3) is 0 Å². The number of thioether (sulfide) groups is 1. The number of rotatable bonds is 8. The van der Waals surface area contributed by atoms with Crippen LogP contribution in [0.3, 0.4) is 0 Å². The van der Waals surface area contributed by atoms with Crippen molar-refractivity contribution >= 4 is 41.7 Å². The summed E-state index contributed by atoms with van der Waals surface area (Å²) in [7, 11) is 5.33. The van der Waals surface area contributed by atoms with Crippen LogP contribution in [-0.2, 0) is 26.6 Å². The molecule has 172 valence electrons. The van der Waals surface area contributed by atoms with E-state index in [1.54, 1.807) is 14.2 Å². The minimum absolute atomic E-state index is 0. The Kier molecular flexibility index (Phi) is 10.2. The molecule has 8 nitrogen and oxygen atoms in total. The molecule has 31 heavy (non-hydrogen) atoms. The number of nitrogens with one attached hydrogen (secondary N) is 1. The number of aliphatic imine (C=N–C) groups is 1. The largest absolute Gasteiger partial charge is 0.493 e. The fraction of sp³-hybridized carbons (Fsp3) is 0.571. The number of hydrogen-bond donors (Lipinski definition) is 1. The van der Waals surface area contributed by atoms with Crippen LogP contribution in [0.2, 0.25) is 0 Å². The van der Waals surface area contributed by atoms with Crippen molar-refractivity contribution in [1.82, 2.24) is 25.0 Å². The monoisotopic (exact) mass is 560 g/mol. The van der Waals surface area contributed by atoms with Crippen LogP contribution in [0.5, 0.6) is 11.5 Å². The van der Waals surface area contributed by atoms with Gasteiger partial charge >= 0.3 is 0 Å². The number of nitrogens with zero attached hydrogens (tertiary/aromatic N) is 5. The Labute approximate surface area is 206 Å². The highest BCUT2D eigenvalue weighted by Crippen LogP contribution is 2.33. The summed E-state index contributed by atoms with van der Waals surface area (Å²) < 4.78 is 12.9. The first-order valence-corrected chi connectivity index (χ1v) is 11.6. The summed E-state index contributed by atoms with van der Waals surface area (Å²) in [6, 6.07) is 4.17. The van der Waals surface area contributed by atoms with Crippen molar-refractivity contribution in [3.05, 3.63) is 34.9 Å². The van der Waals surface area contributed by atoms with E-state index in [1.807, 2.05) is 30.3 Å². The number of aryl methyl sites for hydroxylation is 1. The molecule has 0 unspecified atom stereocenters. The van der Waals surface area contributed by atoms with Crippen molar-refractivity contribution in [2.24, 2.45) is 12.0 Å². The third-order valence-electron chi connectivity index (χ3n) is 5.38. The van der Waals surface area contributed by atoms with Gasteiger partial charge in [-0.1, -0.05) is 0 Å². The molecule has 0 fully saturated rings. The summed E-state index contributed by atoms with van der Waals surface area (Å²) in [5, 5.41) is 11.9. The van der Waals surface area contributed by atoms with Gasteiger partial charge in [0.2, 0.25) is 0 Å². The Morgan fingerprint density at radius 3 is 2.52 bits per heavy atom. The highest BCUT2D eigenvalue weighted by molar-refractivity contribution is 14.0. The minimum atomic E-state index is 0.